The van der Waals surface area contributed by atoms with Crippen LogP contribution in [0.2, 0.25) is 0 Å². The number of β-lactam (4-membered cyclic amide) rings is 1. The molecule has 6 nitrogen and oxygen atoms in total. The summed E-state index contributed by atoms with van der Waals surface area (Å²) in [4.78, 5) is 29.3. The van der Waals surface area contributed by atoms with Gasteiger partial charge in [0, 0.05) is 31.9 Å². The molecular formula is C24H29N3O3. The number of carbonyl (C=O) groups is 2. The molecule has 2 aliphatic heterocycles. The van der Waals surface area contributed by atoms with Crippen LogP contribution in [-0.2, 0) is 17.8 Å². The van der Waals surface area contributed by atoms with Gasteiger partial charge in [0.25, 0.3) is 0 Å². The molecule has 0 atom stereocenters. The second-order valence-corrected chi connectivity index (χ2v) is 8.26. The Morgan fingerprint density at radius 1 is 1.10 bits per heavy atom. The molecule has 2 aromatic carbocycles. The summed E-state index contributed by atoms with van der Waals surface area (Å²) in [5, 5.41) is 2.99. The maximum Gasteiger partial charge on any atom is 0.321 e. The van der Waals surface area contributed by atoms with Gasteiger partial charge in [-0.1, -0.05) is 31.2 Å². The van der Waals surface area contributed by atoms with Crippen molar-refractivity contribution < 1.29 is 14.3 Å². The fraction of sp³-hybridized carbons (Fsp3) is 0.417. The normalized spacial score (nSPS) is 17.6. The maximum absolute atomic E-state index is 12.9. The van der Waals surface area contributed by atoms with E-state index in [9.17, 15) is 9.59 Å². The monoisotopic (exact) mass is 407 g/mol. The van der Waals surface area contributed by atoms with E-state index in [4.69, 9.17) is 4.74 Å². The van der Waals surface area contributed by atoms with Crippen molar-refractivity contribution in [2.75, 3.05) is 32.1 Å². The van der Waals surface area contributed by atoms with Crippen LogP contribution in [0.1, 0.15) is 30.9 Å². The van der Waals surface area contributed by atoms with Gasteiger partial charge in [-0.3, -0.25) is 4.79 Å². The van der Waals surface area contributed by atoms with Crippen LogP contribution in [-0.4, -0.2) is 48.5 Å². The lowest BCUT2D eigenvalue weighted by atomic mass is 9.71. The van der Waals surface area contributed by atoms with Crippen LogP contribution >= 0.6 is 0 Å². The fourth-order valence-corrected chi connectivity index (χ4v) is 4.41. The number of urea groups is 1. The minimum Gasteiger partial charge on any atom is -0.497 e. The third-order valence-corrected chi connectivity index (χ3v) is 6.36. The molecule has 1 spiro atoms. The van der Waals surface area contributed by atoms with E-state index >= 15 is 0 Å². The smallest absolute Gasteiger partial charge is 0.321 e. The van der Waals surface area contributed by atoms with E-state index in [0.717, 1.165) is 42.8 Å². The lowest BCUT2D eigenvalue weighted by Gasteiger charge is -2.52. The van der Waals surface area contributed by atoms with Crippen molar-refractivity contribution in [3.8, 4) is 5.75 Å². The zero-order chi connectivity index (χ0) is 21.1. The molecule has 0 aromatic heterocycles. The second kappa shape index (κ2) is 8.38. The number of likely N-dealkylation sites (tertiary alicyclic amines) is 2. The number of benzene rings is 2. The van der Waals surface area contributed by atoms with Crippen molar-refractivity contribution in [3.63, 3.8) is 0 Å². The lowest BCUT2D eigenvalue weighted by molar-refractivity contribution is -0.165. The van der Waals surface area contributed by atoms with Gasteiger partial charge >= 0.3 is 6.03 Å². The Kier molecular flexibility index (Phi) is 5.66. The van der Waals surface area contributed by atoms with E-state index in [1.807, 2.05) is 52.3 Å². The molecule has 158 valence electrons. The molecular weight excluding hydrogens is 378 g/mol. The summed E-state index contributed by atoms with van der Waals surface area (Å²) in [6, 6.07) is 15.7. The van der Waals surface area contributed by atoms with Crippen molar-refractivity contribution in [2.45, 2.75) is 32.7 Å². The number of aryl methyl sites for hydroxylation is 1. The molecule has 0 saturated carbocycles. The number of methoxy groups -OCH3 is 1. The average molecular weight is 408 g/mol. The van der Waals surface area contributed by atoms with Crippen LogP contribution in [0.5, 0.6) is 5.75 Å². The number of ether oxygens (including phenoxy) is 1. The number of nitrogens with one attached hydrogen (secondary N) is 1. The van der Waals surface area contributed by atoms with Gasteiger partial charge in [0.1, 0.15) is 5.75 Å². The van der Waals surface area contributed by atoms with E-state index in [1.165, 1.54) is 5.56 Å². The quantitative estimate of drug-likeness (QED) is 0.765. The van der Waals surface area contributed by atoms with Gasteiger partial charge in [0.05, 0.1) is 12.5 Å². The molecule has 30 heavy (non-hydrogen) atoms. The molecule has 0 radical (unpaired) electrons. The van der Waals surface area contributed by atoms with Crippen molar-refractivity contribution >= 4 is 17.6 Å². The summed E-state index contributed by atoms with van der Waals surface area (Å²) in [5.74, 6) is 1.03. The van der Waals surface area contributed by atoms with Gasteiger partial charge < -0.3 is 19.9 Å². The summed E-state index contributed by atoms with van der Waals surface area (Å²) in [7, 11) is 1.65. The first-order chi connectivity index (χ1) is 14.5. The highest BCUT2D eigenvalue weighted by Gasteiger charge is 2.53. The topological polar surface area (TPSA) is 61.9 Å². The van der Waals surface area contributed by atoms with Gasteiger partial charge in [0.15, 0.2) is 0 Å². The number of hydrogen-bond acceptors (Lipinski definition) is 3. The minimum atomic E-state index is -0.286. The number of anilines is 1. The first-order valence-corrected chi connectivity index (χ1v) is 10.6. The highest BCUT2D eigenvalue weighted by molar-refractivity contribution is 5.91. The third kappa shape index (κ3) is 3.99. The molecule has 2 heterocycles. The van der Waals surface area contributed by atoms with E-state index in [0.29, 0.717) is 19.6 Å². The first kappa shape index (κ1) is 20.3. The maximum atomic E-state index is 12.9. The summed E-state index contributed by atoms with van der Waals surface area (Å²) in [5.41, 5.74) is 2.84. The number of carbonyl (C=O) groups excluding carboxylic acids is 2. The Bertz CT molecular complexity index is 918. The van der Waals surface area contributed by atoms with Crippen LogP contribution in [0.15, 0.2) is 48.5 Å². The fourth-order valence-electron chi connectivity index (χ4n) is 4.41. The van der Waals surface area contributed by atoms with Gasteiger partial charge in [-0.25, -0.2) is 4.79 Å². The minimum absolute atomic E-state index is 0.0834. The molecule has 2 aromatic rings. The molecule has 2 fully saturated rings. The number of amides is 3. The van der Waals surface area contributed by atoms with Crippen molar-refractivity contribution in [1.29, 1.82) is 0 Å². The van der Waals surface area contributed by atoms with Crippen LogP contribution in [0.4, 0.5) is 10.5 Å². The summed E-state index contributed by atoms with van der Waals surface area (Å²) >= 11 is 0. The SMILES string of the molecule is CCc1cccc(NC(=O)N2CCC3(CC2)CN(Cc2ccc(OC)cc2)C3=O)c1. The van der Waals surface area contributed by atoms with Crippen molar-refractivity contribution in [1.82, 2.24) is 9.80 Å². The lowest BCUT2D eigenvalue weighted by Crippen LogP contribution is -2.64. The van der Waals surface area contributed by atoms with Gasteiger partial charge in [-0.15, -0.1) is 0 Å². The molecule has 0 bridgehead atoms. The Labute approximate surface area is 177 Å². The zero-order valence-electron chi connectivity index (χ0n) is 17.7. The largest absolute Gasteiger partial charge is 0.497 e. The average Bonchev–Trinajstić information content (AvgIpc) is 2.79. The first-order valence-electron chi connectivity index (χ1n) is 10.6. The Morgan fingerprint density at radius 2 is 1.83 bits per heavy atom. The molecule has 3 amide bonds. The molecule has 2 aliphatic rings. The van der Waals surface area contributed by atoms with Gasteiger partial charge in [-0.05, 0) is 54.7 Å². The molecule has 2 saturated heterocycles. The summed E-state index contributed by atoms with van der Waals surface area (Å²) < 4.78 is 5.19. The Hall–Kier alpha value is -3.02. The molecule has 0 unspecified atom stereocenters. The highest BCUT2D eigenvalue weighted by Crippen LogP contribution is 2.42. The summed E-state index contributed by atoms with van der Waals surface area (Å²) in [6.45, 7) is 4.72. The Morgan fingerprint density at radius 3 is 2.47 bits per heavy atom. The number of rotatable bonds is 5. The van der Waals surface area contributed by atoms with Gasteiger partial charge in [0.2, 0.25) is 5.91 Å². The third-order valence-electron chi connectivity index (χ3n) is 6.36. The zero-order valence-corrected chi connectivity index (χ0v) is 17.7. The number of nitrogens with zero attached hydrogens (tertiary/aromatic N) is 2. The van der Waals surface area contributed by atoms with Crippen LogP contribution in [0.25, 0.3) is 0 Å². The van der Waals surface area contributed by atoms with Crippen molar-refractivity contribution in [2.24, 2.45) is 5.41 Å². The van der Waals surface area contributed by atoms with Crippen LogP contribution in [0.3, 0.4) is 0 Å². The van der Waals surface area contributed by atoms with Crippen LogP contribution < -0.4 is 10.1 Å². The van der Waals surface area contributed by atoms with E-state index in [-0.39, 0.29) is 17.4 Å². The molecule has 1 N–H and O–H groups in total. The van der Waals surface area contributed by atoms with E-state index in [2.05, 4.69) is 18.3 Å². The highest BCUT2D eigenvalue weighted by atomic mass is 16.5. The van der Waals surface area contributed by atoms with E-state index in [1.54, 1.807) is 7.11 Å². The molecule has 4 rings (SSSR count). The standard InChI is InChI=1S/C24H29N3O3/c1-3-18-5-4-6-20(15-18)25-23(29)26-13-11-24(12-14-26)17-27(22(24)28)16-19-7-9-21(30-2)10-8-19/h4-10,15H,3,11-14,16-17H2,1-2H3,(H,25,29). The predicted octanol–water partition coefficient (Wildman–Crippen LogP) is 3.91. The Balaban J connectivity index is 1.28. The summed E-state index contributed by atoms with van der Waals surface area (Å²) in [6.07, 6.45) is 2.39. The second-order valence-electron chi connectivity index (χ2n) is 8.26. The molecule has 0 aliphatic carbocycles. The van der Waals surface area contributed by atoms with Gasteiger partial charge in [-0.2, -0.15) is 0 Å². The number of hydrogen-bond donors (Lipinski definition) is 1. The van der Waals surface area contributed by atoms with Crippen LogP contribution in [0, 0.1) is 5.41 Å². The number of piperidine rings is 1. The molecule has 6 heteroatoms. The van der Waals surface area contributed by atoms with Crippen molar-refractivity contribution in [3.05, 3.63) is 59.7 Å². The van der Waals surface area contributed by atoms with E-state index < -0.39 is 0 Å². The predicted molar refractivity (Wildman–Crippen MR) is 116 cm³/mol.